The molecule has 1 nitrogen and oxygen atoms in total. The van der Waals surface area contributed by atoms with Crippen LogP contribution in [0.1, 0.15) is 15.9 Å². The molecule has 0 amide bonds. The summed E-state index contributed by atoms with van der Waals surface area (Å²) >= 11 is 24.0. The Morgan fingerprint density at radius 1 is 0.850 bits per heavy atom. The molecule has 0 aliphatic carbocycles. The highest BCUT2D eigenvalue weighted by Crippen LogP contribution is 2.43. The van der Waals surface area contributed by atoms with Crippen LogP contribution in [0, 0.1) is 0 Å². The van der Waals surface area contributed by atoms with Gasteiger partial charge in [0.05, 0.1) is 0 Å². The molecule has 0 bridgehead atoms. The zero-order valence-electron chi connectivity index (χ0n) is 9.95. The molecule has 0 saturated heterocycles. The van der Waals surface area contributed by atoms with Crippen molar-refractivity contribution in [3.63, 3.8) is 0 Å². The number of alkyl halides is 3. The zero-order valence-corrected chi connectivity index (χ0v) is 13.8. The van der Waals surface area contributed by atoms with Crippen LogP contribution in [-0.4, -0.2) is 8.91 Å². The van der Waals surface area contributed by atoms with Crippen molar-refractivity contribution < 1.29 is 4.79 Å². The number of hydrogen-bond acceptors (Lipinski definition) is 2. The minimum Gasteiger partial charge on any atom is -0.289 e. The minimum atomic E-state index is -1.41. The Bertz CT molecular complexity index is 603. The summed E-state index contributed by atoms with van der Waals surface area (Å²) in [4.78, 5) is 13.0. The molecule has 0 unspecified atom stereocenters. The van der Waals surface area contributed by atoms with Crippen molar-refractivity contribution in [2.24, 2.45) is 0 Å². The summed E-state index contributed by atoms with van der Waals surface area (Å²) in [5, 5.41) is 0.593. The van der Waals surface area contributed by atoms with Gasteiger partial charge in [0.1, 0.15) is 0 Å². The molecule has 0 aliphatic heterocycles. The van der Waals surface area contributed by atoms with Gasteiger partial charge in [-0.15, -0.1) is 0 Å². The van der Waals surface area contributed by atoms with Crippen LogP contribution in [0.2, 0.25) is 5.02 Å². The van der Waals surface area contributed by atoms with Crippen molar-refractivity contribution >= 4 is 63.9 Å². The zero-order chi connectivity index (χ0) is 14.8. The average molecular weight is 366 g/mol. The van der Waals surface area contributed by atoms with Gasteiger partial charge in [0.25, 0.3) is 0 Å². The van der Waals surface area contributed by atoms with Crippen molar-refractivity contribution in [1.82, 2.24) is 0 Å². The van der Waals surface area contributed by atoms with E-state index in [0.717, 1.165) is 16.7 Å². The Labute approximate surface area is 141 Å². The van der Waals surface area contributed by atoms with Gasteiger partial charge in [-0.3, -0.25) is 4.79 Å². The van der Waals surface area contributed by atoms with Gasteiger partial charge in [0, 0.05) is 21.0 Å². The van der Waals surface area contributed by atoms with Gasteiger partial charge >= 0.3 is 0 Å². The van der Waals surface area contributed by atoms with Gasteiger partial charge in [0.2, 0.25) is 3.12 Å². The first-order valence-corrected chi connectivity index (χ1v) is 7.84. The predicted octanol–water partition coefficient (Wildman–Crippen LogP) is 5.99. The van der Waals surface area contributed by atoms with E-state index in [4.69, 9.17) is 46.4 Å². The van der Waals surface area contributed by atoms with E-state index < -0.39 is 3.12 Å². The lowest BCUT2D eigenvalue weighted by Crippen LogP contribution is -2.01. The number of hydrogen-bond donors (Lipinski definition) is 0. The summed E-state index contributed by atoms with van der Waals surface area (Å²) < 4.78 is -1.41. The number of thioether (sulfide) groups is 1. The molecule has 0 aliphatic rings. The first-order chi connectivity index (χ1) is 9.35. The standard InChI is InChI=1S/C14H8Cl4OS/c15-11-5-1-9(2-6-11)13(19)10-3-7-12(8-4-10)20-14(16,17)18/h1-8H. The fourth-order valence-corrected chi connectivity index (χ4v) is 3.04. The van der Waals surface area contributed by atoms with Crippen LogP contribution in [0.15, 0.2) is 53.4 Å². The molecule has 20 heavy (non-hydrogen) atoms. The second kappa shape index (κ2) is 6.59. The summed E-state index contributed by atoms with van der Waals surface area (Å²) in [6.07, 6.45) is 0. The normalized spacial score (nSPS) is 11.4. The molecule has 0 fully saturated rings. The van der Waals surface area contributed by atoms with E-state index in [1.807, 2.05) is 0 Å². The molecule has 6 heteroatoms. The summed E-state index contributed by atoms with van der Waals surface area (Å²) in [6, 6.07) is 13.6. The van der Waals surface area contributed by atoms with Crippen LogP contribution in [0.4, 0.5) is 0 Å². The maximum atomic E-state index is 12.2. The third-order valence-electron chi connectivity index (χ3n) is 2.46. The van der Waals surface area contributed by atoms with E-state index in [2.05, 4.69) is 0 Å². The smallest absolute Gasteiger partial charge is 0.241 e. The molecule has 2 aromatic carbocycles. The van der Waals surface area contributed by atoms with Gasteiger partial charge in [0.15, 0.2) is 5.78 Å². The van der Waals surface area contributed by atoms with Crippen molar-refractivity contribution in [3.8, 4) is 0 Å². The Kier molecular flexibility index (Phi) is 5.27. The van der Waals surface area contributed by atoms with Crippen LogP contribution in [0.5, 0.6) is 0 Å². The molecule has 2 rings (SSSR count). The number of carbonyl (C=O) groups excluding carboxylic acids is 1. The largest absolute Gasteiger partial charge is 0.289 e. The predicted molar refractivity (Wildman–Crippen MR) is 87.5 cm³/mol. The highest BCUT2D eigenvalue weighted by Gasteiger charge is 2.21. The van der Waals surface area contributed by atoms with Crippen molar-refractivity contribution in [1.29, 1.82) is 0 Å². The first-order valence-electron chi connectivity index (χ1n) is 5.51. The Hall–Kier alpha value is -0.380. The molecule has 0 atom stereocenters. The second-order valence-electron chi connectivity index (χ2n) is 3.91. The fourth-order valence-electron chi connectivity index (χ4n) is 1.58. The lowest BCUT2D eigenvalue weighted by molar-refractivity contribution is 0.103. The first kappa shape index (κ1) is 16.0. The Morgan fingerprint density at radius 2 is 1.30 bits per heavy atom. The van der Waals surface area contributed by atoms with Crippen LogP contribution in [0.3, 0.4) is 0 Å². The molecule has 2 aromatic rings. The molecular formula is C14H8Cl4OS. The van der Waals surface area contributed by atoms with E-state index in [1.165, 1.54) is 0 Å². The van der Waals surface area contributed by atoms with Gasteiger partial charge in [-0.2, -0.15) is 0 Å². The highest BCUT2D eigenvalue weighted by molar-refractivity contribution is 8.04. The molecule has 0 radical (unpaired) electrons. The van der Waals surface area contributed by atoms with Crippen molar-refractivity contribution in [2.45, 2.75) is 8.02 Å². The summed E-state index contributed by atoms with van der Waals surface area (Å²) in [7, 11) is 0. The molecule has 0 heterocycles. The monoisotopic (exact) mass is 364 g/mol. The SMILES string of the molecule is O=C(c1ccc(Cl)cc1)c1ccc(SC(Cl)(Cl)Cl)cc1. The van der Waals surface area contributed by atoms with E-state index in [1.54, 1.807) is 48.5 Å². The summed E-state index contributed by atoms with van der Waals surface area (Å²) in [5.74, 6) is -0.0768. The van der Waals surface area contributed by atoms with E-state index >= 15 is 0 Å². The molecule has 0 N–H and O–H groups in total. The lowest BCUT2D eigenvalue weighted by atomic mass is 10.0. The fraction of sp³-hybridized carbons (Fsp3) is 0.0714. The van der Waals surface area contributed by atoms with Crippen LogP contribution >= 0.6 is 58.2 Å². The number of rotatable bonds is 3. The van der Waals surface area contributed by atoms with Crippen LogP contribution in [0.25, 0.3) is 0 Å². The number of carbonyl (C=O) groups is 1. The van der Waals surface area contributed by atoms with Crippen molar-refractivity contribution in [2.75, 3.05) is 0 Å². The van der Waals surface area contributed by atoms with Crippen LogP contribution in [-0.2, 0) is 0 Å². The van der Waals surface area contributed by atoms with Crippen LogP contribution < -0.4 is 0 Å². The number of ketones is 1. The van der Waals surface area contributed by atoms with Crippen molar-refractivity contribution in [3.05, 3.63) is 64.7 Å². The molecule has 0 aromatic heterocycles. The lowest BCUT2D eigenvalue weighted by Gasteiger charge is -2.10. The average Bonchev–Trinajstić information content (AvgIpc) is 2.38. The van der Waals surface area contributed by atoms with E-state index in [0.29, 0.717) is 16.1 Å². The highest BCUT2D eigenvalue weighted by atomic mass is 35.6. The molecule has 104 valence electrons. The minimum absolute atomic E-state index is 0.0768. The molecule has 0 spiro atoms. The Morgan fingerprint density at radius 3 is 1.75 bits per heavy atom. The number of halogens is 4. The van der Waals surface area contributed by atoms with Gasteiger partial charge in [-0.25, -0.2) is 0 Å². The molecular weight excluding hydrogens is 358 g/mol. The van der Waals surface area contributed by atoms with Gasteiger partial charge in [-0.1, -0.05) is 58.2 Å². The summed E-state index contributed by atoms with van der Waals surface area (Å²) in [6.45, 7) is 0. The number of benzene rings is 2. The topological polar surface area (TPSA) is 17.1 Å². The Balaban J connectivity index is 2.17. The molecule has 0 saturated carbocycles. The van der Waals surface area contributed by atoms with E-state index in [-0.39, 0.29) is 5.78 Å². The maximum Gasteiger partial charge on any atom is 0.241 e. The van der Waals surface area contributed by atoms with Gasteiger partial charge in [-0.05, 0) is 48.5 Å². The third kappa shape index (κ3) is 4.57. The van der Waals surface area contributed by atoms with Gasteiger partial charge < -0.3 is 0 Å². The third-order valence-corrected chi connectivity index (χ3v) is 4.14. The second-order valence-corrected chi connectivity index (χ2v) is 8.59. The maximum absolute atomic E-state index is 12.2. The summed E-state index contributed by atoms with van der Waals surface area (Å²) in [5.41, 5.74) is 1.15. The van der Waals surface area contributed by atoms with E-state index in [9.17, 15) is 4.79 Å². The quantitative estimate of drug-likeness (QED) is 0.377.